The lowest BCUT2D eigenvalue weighted by atomic mass is 10.0. The molecule has 0 atom stereocenters. The number of fused-ring (bicyclic) bond motifs is 2. The van der Waals surface area contributed by atoms with Gasteiger partial charge in [0.15, 0.2) is 11.5 Å². The molecule has 1 aliphatic heterocycles. The highest BCUT2D eigenvalue weighted by molar-refractivity contribution is 6.06. The van der Waals surface area contributed by atoms with Gasteiger partial charge in [0.1, 0.15) is 12.4 Å². The highest BCUT2D eigenvalue weighted by Gasteiger charge is 2.15. The Morgan fingerprint density at radius 1 is 1.14 bits per heavy atom. The quantitative estimate of drug-likeness (QED) is 0.659. The zero-order valence-corrected chi connectivity index (χ0v) is 15.9. The maximum Gasteiger partial charge on any atom is 0.252 e. The van der Waals surface area contributed by atoms with Gasteiger partial charge in [0.05, 0.1) is 17.6 Å². The topological polar surface area (TPSA) is 69.7 Å². The van der Waals surface area contributed by atoms with Gasteiger partial charge in [0.25, 0.3) is 5.91 Å². The highest BCUT2D eigenvalue weighted by Crippen LogP contribution is 2.35. The molecular formula is C22H22N2O4. The first-order valence-electron chi connectivity index (χ1n) is 9.32. The first kappa shape index (κ1) is 18.1. The molecule has 0 fully saturated rings. The summed E-state index contributed by atoms with van der Waals surface area (Å²) < 4.78 is 16.3. The van der Waals surface area contributed by atoms with E-state index in [9.17, 15) is 4.79 Å². The van der Waals surface area contributed by atoms with Crippen molar-refractivity contribution in [2.45, 2.75) is 19.8 Å². The minimum atomic E-state index is -0.130. The Bertz CT molecular complexity index is 1020. The number of nitrogens with zero attached hydrogens (tertiary/aromatic N) is 1. The fourth-order valence-corrected chi connectivity index (χ4v) is 3.07. The summed E-state index contributed by atoms with van der Waals surface area (Å²) in [6.07, 6.45) is 0. The molecule has 1 N–H and O–H groups in total. The number of para-hydroxylation sites is 1. The Hall–Kier alpha value is -3.28. The molecule has 144 valence electrons. The van der Waals surface area contributed by atoms with Crippen LogP contribution in [0.1, 0.15) is 35.8 Å². The van der Waals surface area contributed by atoms with E-state index in [1.807, 2.05) is 42.5 Å². The molecule has 6 nitrogen and oxygen atoms in total. The number of aromatic nitrogens is 1. The Kier molecular flexibility index (Phi) is 5.02. The van der Waals surface area contributed by atoms with E-state index in [-0.39, 0.29) is 18.6 Å². The standard InChI is InChI=1S/C22H22N2O4/c1-14(2)19-12-17(16-5-3-4-6-18(16)24-19)22(25)23-9-10-26-15-7-8-20-21(11-15)28-13-27-20/h3-8,11-12,14H,9-10,13H2,1-2H3,(H,23,25). The van der Waals surface area contributed by atoms with E-state index in [1.165, 1.54) is 0 Å². The summed E-state index contributed by atoms with van der Waals surface area (Å²) in [5.74, 6) is 2.17. The zero-order valence-electron chi connectivity index (χ0n) is 15.9. The minimum Gasteiger partial charge on any atom is -0.492 e. The average Bonchev–Trinajstić information content (AvgIpc) is 3.18. The fourth-order valence-electron chi connectivity index (χ4n) is 3.07. The lowest BCUT2D eigenvalue weighted by Crippen LogP contribution is -2.28. The van der Waals surface area contributed by atoms with Crippen LogP contribution in [0.5, 0.6) is 17.2 Å². The third-order valence-electron chi connectivity index (χ3n) is 4.57. The smallest absolute Gasteiger partial charge is 0.252 e. The van der Waals surface area contributed by atoms with Gasteiger partial charge in [-0.3, -0.25) is 9.78 Å². The van der Waals surface area contributed by atoms with Crippen LogP contribution in [-0.2, 0) is 0 Å². The molecule has 2 aromatic carbocycles. The molecule has 1 aliphatic rings. The van der Waals surface area contributed by atoms with Crippen LogP contribution in [0.25, 0.3) is 10.9 Å². The molecule has 0 bridgehead atoms. The molecular weight excluding hydrogens is 356 g/mol. The predicted molar refractivity (Wildman–Crippen MR) is 106 cm³/mol. The number of benzene rings is 2. The summed E-state index contributed by atoms with van der Waals surface area (Å²) in [6.45, 7) is 5.11. The van der Waals surface area contributed by atoms with E-state index >= 15 is 0 Å². The molecule has 28 heavy (non-hydrogen) atoms. The van der Waals surface area contributed by atoms with Gasteiger partial charge in [-0.1, -0.05) is 32.0 Å². The number of rotatable bonds is 6. The number of amides is 1. The Labute approximate surface area is 163 Å². The van der Waals surface area contributed by atoms with Crippen LogP contribution in [0, 0.1) is 0 Å². The van der Waals surface area contributed by atoms with E-state index in [0.29, 0.717) is 36.0 Å². The van der Waals surface area contributed by atoms with Crippen molar-refractivity contribution in [2.24, 2.45) is 0 Å². The molecule has 1 amide bonds. The summed E-state index contributed by atoms with van der Waals surface area (Å²) in [7, 11) is 0. The van der Waals surface area contributed by atoms with Crippen LogP contribution in [0.2, 0.25) is 0 Å². The Morgan fingerprint density at radius 3 is 2.82 bits per heavy atom. The van der Waals surface area contributed by atoms with Crippen LogP contribution in [0.15, 0.2) is 48.5 Å². The number of carbonyl (C=O) groups is 1. The third-order valence-corrected chi connectivity index (χ3v) is 4.57. The number of ether oxygens (including phenoxy) is 3. The third kappa shape index (κ3) is 3.71. The lowest BCUT2D eigenvalue weighted by Gasteiger charge is -2.12. The summed E-state index contributed by atoms with van der Waals surface area (Å²) >= 11 is 0. The first-order chi connectivity index (χ1) is 13.6. The SMILES string of the molecule is CC(C)c1cc(C(=O)NCCOc2ccc3c(c2)OCO3)c2ccccc2n1. The van der Waals surface area contributed by atoms with E-state index in [0.717, 1.165) is 16.6 Å². The molecule has 2 heterocycles. The van der Waals surface area contributed by atoms with Crippen molar-refractivity contribution in [3.63, 3.8) is 0 Å². The lowest BCUT2D eigenvalue weighted by molar-refractivity contribution is 0.0948. The largest absolute Gasteiger partial charge is 0.492 e. The van der Waals surface area contributed by atoms with Crippen molar-refractivity contribution < 1.29 is 19.0 Å². The van der Waals surface area contributed by atoms with E-state index in [1.54, 1.807) is 6.07 Å². The second-order valence-corrected chi connectivity index (χ2v) is 6.89. The normalized spacial score (nSPS) is 12.4. The van der Waals surface area contributed by atoms with Gasteiger partial charge in [0, 0.05) is 17.1 Å². The predicted octanol–water partition coefficient (Wildman–Crippen LogP) is 3.90. The molecule has 6 heteroatoms. The minimum absolute atomic E-state index is 0.130. The van der Waals surface area contributed by atoms with Crippen molar-refractivity contribution >= 4 is 16.8 Å². The monoisotopic (exact) mass is 378 g/mol. The number of nitrogens with one attached hydrogen (secondary N) is 1. The molecule has 0 spiro atoms. The van der Waals surface area contributed by atoms with Crippen LogP contribution in [0.4, 0.5) is 0 Å². The van der Waals surface area contributed by atoms with Gasteiger partial charge in [-0.25, -0.2) is 0 Å². The van der Waals surface area contributed by atoms with Gasteiger partial charge < -0.3 is 19.5 Å². The molecule has 4 rings (SSSR count). The molecule has 0 aliphatic carbocycles. The van der Waals surface area contributed by atoms with Gasteiger partial charge in [0.2, 0.25) is 6.79 Å². The van der Waals surface area contributed by atoms with Crippen molar-refractivity contribution in [1.29, 1.82) is 0 Å². The summed E-state index contributed by atoms with van der Waals surface area (Å²) in [6, 6.07) is 15.0. The first-order valence-corrected chi connectivity index (χ1v) is 9.32. The molecule has 0 saturated heterocycles. The van der Waals surface area contributed by atoms with Crippen molar-refractivity contribution in [3.8, 4) is 17.2 Å². The highest BCUT2D eigenvalue weighted by atomic mass is 16.7. The van der Waals surface area contributed by atoms with E-state index < -0.39 is 0 Å². The second kappa shape index (κ2) is 7.76. The number of hydrogen-bond acceptors (Lipinski definition) is 5. The Morgan fingerprint density at radius 2 is 1.96 bits per heavy atom. The van der Waals surface area contributed by atoms with Crippen LogP contribution in [0.3, 0.4) is 0 Å². The zero-order chi connectivity index (χ0) is 19.5. The molecule has 1 aromatic heterocycles. The van der Waals surface area contributed by atoms with E-state index in [4.69, 9.17) is 14.2 Å². The Balaban J connectivity index is 1.41. The van der Waals surface area contributed by atoms with Gasteiger partial charge in [-0.2, -0.15) is 0 Å². The van der Waals surface area contributed by atoms with Gasteiger partial charge >= 0.3 is 0 Å². The summed E-state index contributed by atoms with van der Waals surface area (Å²) in [5, 5.41) is 3.78. The average molecular weight is 378 g/mol. The van der Waals surface area contributed by atoms with Crippen molar-refractivity contribution in [1.82, 2.24) is 10.3 Å². The van der Waals surface area contributed by atoms with Crippen LogP contribution >= 0.6 is 0 Å². The van der Waals surface area contributed by atoms with Crippen molar-refractivity contribution in [2.75, 3.05) is 19.9 Å². The second-order valence-electron chi connectivity index (χ2n) is 6.89. The number of carbonyl (C=O) groups excluding carboxylic acids is 1. The van der Waals surface area contributed by atoms with E-state index in [2.05, 4.69) is 24.1 Å². The molecule has 0 unspecified atom stereocenters. The number of pyridine rings is 1. The molecule has 3 aromatic rings. The molecule has 0 radical (unpaired) electrons. The summed E-state index contributed by atoms with van der Waals surface area (Å²) in [4.78, 5) is 17.4. The van der Waals surface area contributed by atoms with Gasteiger partial charge in [-0.15, -0.1) is 0 Å². The number of hydrogen-bond donors (Lipinski definition) is 1. The van der Waals surface area contributed by atoms with Crippen LogP contribution < -0.4 is 19.5 Å². The maximum atomic E-state index is 12.8. The fraction of sp³-hybridized carbons (Fsp3) is 0.273. The molecule has 0 saturated carbocycles. The summed E-state index contributed by atoms with van der Waals surface area (Å²) in [5.41, 5.74) is 2.37. The maximum absolute atomic E-state index is 12.8. The van der Waals surface area contributed by atoms with Crippen LogP contribution in [-0.4, -0.2) is 30.8 Å². The van der Waals surface area contributed by atoms with Crippen molar-refractivity contribution in [3.05, 3.63) is 59.8 Å². The van der Waals surface area contributed by atoms with Gasteiger partial charge in [-0.05, 0) is 30.2 Å².